The van der Waals surface area contributed by atoms with Crippen molar-refractivity contribution in [2.24, 2.45) is 11.8 Å². The van der Waals surface area contributed by atoms with Gasteiger partial charge in [0.15, 0.2) is 0 Å². The molecule has 0 atom stereocenters. The topological polar surface area (TPSA) is 75.6 Å². The quantitative estimate of drug-likeness (QED) is 0.858. The van der Waals surface area contributed by atoms with E-state index < -0.39 is 11.9 Å². The van der Waals surface area contributed by atoms with Crippen molar-refractivity contribution in [3.05, 3.63) is 23.2 Å². The number of halogens is 1. The molecule has 0 aliphatic heterocycles. The molecule has 124 valence electrons. The van der Waals surface area contributed by atoms with Crippen LogP contribution < -0.4 is 10.1 Å². The molecule has 1 aromatic rings. The second kappa shape index (κ2) is 6.79. The Bertz CT molecular complexity index is 607. The largest absolute Gasteiger partial charge is 0.488 e. The molecule has 1 aromatic carbocycles. The molecule has 23 heavy (non-hydrogen) atoms. The van der Waals surface area contributed by atoms with Crippen molar-refractivity contribution in [2.45, 2.75) is 44.6 Å². The minimum atomic E-state index is -0.831. The molecule has 0 radical (unpaired) electrons. The van der Waals surface area contributed by atoms with Crippen LogP contribution in [-0.4, -0.2) is 23.1 Å². The standard InChI is InChI=1S/C17H20ClNO4/c18-12-5-6-15(23-13-3-1-2-4-13)14(9-12)19-16(20)10-7-11(8-10)17(21)22/h5-6,9-11,13H,1-4,7-8H2,(H,19,20)(H,21,22). The van der Waals surface area contributed by atoms with E-state index in [1.807, 2.05) is 0 Å². The van der Waals surface area contributed by atoms with Gasteiger partial charge in [-0.2, -0.15) is 0 Å². The molecule has 0 spiro atoms. The van der Waals surface area contributed by atoms with Gasteiger partial charge in [0.1, 0.15) is 5.75 Å². The maximum Gasteiger partial charge on any atom is 0.306 e. The van der Waals surface area contributed by atoms with E-state index >= 15 is 0 Å². The minimum Gasteiger partial charge on any atom is -0.488 e. The summed E-state index contributed by atoms with van der Waals surface area (Å²) in [6.45, 7) is 0. The van der Waals surface area contributed by atoms with Crippen molar-refractivity contribution < 1.29 is 19.4 Å². The van der Waals surface area contributed by atoms with Crippen LogP contribution in [0.15, 0.2) is 18.2 Å². The lowest BCUT2D eigenvalue weighted by atomic mass is 9.74. The number of hydrogen-bond acceptors (Lipinski definition) is 3. The number of carbonyl (C=O) groups excluding carboxylic acids is 1. The van der Waals surface area contributed by atoms with Gasteiger partial charge >= 0.3 is 5.97 Å². The summed E-state index contributed by atoms with van der Waals surface area (Å²) in [6, 6.07) is 5.19. The first-order valence-electron chi connectivity index (χ1n) is 8.03. The van der Waals surface area contributed by atoms with Crippen molar-refractivity contribution >= 4 is 29.2 Å². The van der Waals surface area contributed by atoms with Crippen molar-refractivity contribution in [2.75, 3.05) is 5.32 Å². The van der Waals surface area contributed by atoms with Gasteiger partial charge in [-0.1, -0.05) is 11.6 Å². The van der Waals surface area contributed by atoms with E-state index in [1.54, 1.807) is 18.2 Å². The number of aliphatic carboxylic acids is 1. The zero-order chi connectivity index (χ0) is 16.4. The zero-order valence-electron chi connectivity index (χ0n) is 12.8. The normalized spacial score (nSPS) is 24.0. The first kappa shape index (κ1) is 16.1. The third kappa shape index (κ3) is 3.78. The van der Waals surface area contributed by atoms with Gasteiger partial charge in [-0.25, -0.2) is 0 Å². The van der Waals surface area contributed by atoms with Crippen LogP contribution in [0.25, 0.3) is 0 Å². The molecule has 6 heteroatoms. The lowest BCUT2D eigenvalue weighted by Gasteiger charge is -2.31. The molecule has 0 saturated heterocycles. The predicted octanol–water partition coefficient (Wildman–Crippen LogP) is 3.71. The maximum atomic E-state index is 12.3. The Kier molecular flexibility index (Phi) is 4.76. The van der Waals surface area contributed by atoms with E-state index in [0.29, 0.717) is 29.3 Å². The fourth-order valence-electron chi connectivity index (χ4n) is 3.16. The van der Waals surface area contributed by atoms with E-state index in [0.717, 1.165) is 12.8 Å². The molecule has 0 aromatic heterocycles. The Morgan fingerprint density at radius 1 is 1.17 bits per heavy atom. The smallest absolute Gasteiger partial charge is 0.306 e. The predicted molar refractivity (Wildman–Crippen MR) is 86.8 cm³/mol. The molecule has 2 saturated carbocycles. The van der Waals surface area contributed by atoms with Gasteiger partial charge in [-0.3, -0.25) is 9.59 Å². The molecule has 2 N–H and O–H groups in total. The number of amides is 1. The van der Waals surface area contributed by atoms with Crippen LogP contribution in [0.1, 0.15) is 38.5 Å². The maximum absolute atomic E-state index is 12.3. The Labute approximate surface area is 140 Å². The number of carboxylic acids is 1. The van der Waals surface area contributed by atoms with E-state index in [-0.39, 0.29) is 17.9 Å². The first-order chi connectivity index (χ1) is 11.0. The molecule has 0 unspecified atom stereocenters. The highest BCUT2D eigenvalue weighted by atomic mass is 35.5. The number of benzene rings is 1. The van der Waals surface area contributed by atoms with Gasteiger partial charge < -0.3 is 15.2 Å². The van der Waals surface area contributed by atoms with Crippen molar-refractivity contribution in [3.8, 4) is 5.75 Å². The second-order valence-electron chi connectivity index (χ2n) is 6.36. The summed E-state index contributed by atoms with van der Waals surface area (Å²) in [7, 11) is 0. The summed E-state index contributed by atoms with van der Waals surface area (Å²) < 4.78 is 5.99. The van der Waals surface area contributed by atoms with Gasteiger partial charge in [0.2, 0.25) is 5.91 Å². The highest BCUT2D eigenvalue weighted by Crippen LogP contribution is 2.37. The monoisotopic (exact) mass is 337 g/mol. The van der Waals surface area contributed by atoms with Crippen molar-refractivity contribution in [3.63, 3.8) is 0 Å². The molecule has 0 heterocycles. The Morgan fingerprint density at radius 3 is 2.52 bits per heavy atom. The summed E-state index contributed by atoms with van der Waals surface area (Å²) >= 11 is 6.02. The fourth-order valence-corrected chi connectivity index (χ4v) is 3.33. The molecule has 2 aliphatic rings. The summed E-state index contributed by atoms with van der Waals surface area (Å²) in [4.78, 5) is 23.1. The van der Waals surface area contributed by atoms with Crippen LogP contribution in [0, 0.1) is 11.8 Å². The summed E-state index contributed by atoms with van der Waals surface area (Å²) in [5, 5.41) is 12.3. The lowest BCUT2D eigenvalue weighted by Crippen LogP contribution is -2.38. The number of nitrogens with one attached hydrogen (secondary N) is 1. The van der Waals surface area contributed by atoms with Gasteiger partial charge in [0.25, 0.3) is 0 Å². The molecule has 2 aliphatic carbocycles. The van der Waals surface area contributed by atoms with E-state index in [4.69, 9.17) is 21.4 Å². The molecular formula is C17H20ClNO4. The number of rotatable bonds is 5. The Balaban J connectivity index is 1.65. The number of carboxylic acid groups (broad SMARTS) is 1. The third-order valence-electron chi connectivity index (χ3n) is 4.65. The van der Waals surface area contributed by atoms with Crippen LogP contribution in [0.5, 0.6) is 5.75 Å². The Hall–Kier alpha value is -1.75. The molecule has 2 fully saturated rings. The van der Waals surface area contributed by atoms with Crippen LogP contribution in [0.3, 0.4) is 0 Å². The van der Waals surface area contributed by atoms with E-state index in [1.165, 1.54) is 12.8 Å². The highest BCUT2D eigenvalue weighted by molar-refractivity contribution is 6.31. The summed E-state index contributed by atoms with van der Waals surface area (Å²) in [5.41, 5.74) is 0.563. The molecule has 1 amide bonds. The van der Waals surface area contributed by atoms with Crippen LogP contribution in [-0.2, 0) is 9.59 Å². The average Bonchev–Trinajstić information content (AvgIpc) is 2.92. The van der Waals surface area contributed by atoms with Crippen LogP contribution in [0.2, 0.25) is 5.02 Å². The number of anilines is 1. The lowest BCUT2D eigenvalue weighted by molar-refractivity contribution is -0.147. The Morgan fingerprint density at radius 2 is 1.87 bits per heavy atom. The average molecular weight is 338 g/mol. The molecule has 0 bridgehead atoms. The third-order valence-corrected chi connectivity index (χ3v) is 4.89. The highest BCUT2D eigenvalue weighted by Gasteiger charge is 2.39. The molecule has 3 rings (SSSR count). The van der Waals surface area contributed by atoms with Gasteiger partial charge in [0.05, 0.1) is 17.7 Å². The van der Waals surface area contributed by atoms with Gasteiger partial charge in [-0.15, -0.1) is 0 Å². The first-order valence-corrected chi connectivity index (χ1v) is 8.40. The number of ether oxygens (including phenoxy) is 1. The number of carbonyl (C=O) groups is 2. The van der Waals surface area contributed by atoms with Gasteiger partial charge in [0, 0.05) is 10.9 Å². The fraction of sp³-hybridized carbons (Fsp3) is 0.529. The molecule has 5 nitrogen and oxygen atoms in total. The van der Waals surface area contributed by atoms with Crippen LogP contribution >= 0.6 is 11.6 Å². The zero-order valence-corrected chi connectivity index (χ0v) is 13.5. The molecular weight excluding hydrogens is 318 g/mol. The van der Waals surface area contributed by atoms with Crippen molar-refractivity contribution in [1.82, 2.24) is 0 Å². The van der Waals surface area contributed by atoms with Crippen molar-refractivity contribution in [1.29, 1.82) is 0 Å². The second-order valence-corrected chi connectivity index (χ2v) is 6.79. The summed E-state index contributed by atoms with van der Waals surface area (Å²) in [6.07, 6.45) is 5.35. The minimum absolute atomic E-state index is 0.166. The van der Waals surface area contributed by atoms with Gasteiger partial charge in [-0.05, 0) is 56.7 Å². The van der Waals surface area contributed by atoms with E-state index in [9.17, 15) is 9.59 Å². The SMILES string of the molecule is O=C(O)C1CC(C(=O)Nc2cc(Cl)ccc2OC2CCCC2)C1. The summed E-state index contributed by atoms with van der Waals surface area (Å²) in [5.74, 6) is -1.03. The van der Waals surface area contributed by atoms with Crippen LogP contribution in [0.4, 0.5) is 5.69 Å². The van der Waals surface area contributed by atoms with E-state index in [2.05, 4.69) is 5.32 Å². The number of hydrogen-bond donors (Lipinski definition) is 2.